The molecule has 1 aliphatic heterocycles. The number of benzene rings is 4. The Balaban J connectivity index is 1.10. The SMILES string of the molecule is C(=Cc1ccccc1)CN1CCN(Cc2ccccc2-c2nnnn2CCC(c2ccccc2)c2ccccc2)CC1. The Hall–Kier alpha value is -4.39. The summed E-state index contributed by atoms with van der Waals surface area (Å²) in [7, 11) is 0. The van der Waals surface area contributed by atoms with Gasteiger partial charge in [0.2, 0.25) is 0 Å². The van der Waals surface area contributed by atoms with Crippen LogP contribution in [-0.4, -0.2) is 62.7 Å². The third kappa shape index (κ3) is 7.08. The molecule has 6 heteroatoms. The molecule has 2 heterocycles. The lowest BCUT2D eigenvalue weighted by atomic mass is 9.88. The molecule has 0 amide bonds. The fraction of sp³-hybridized carbons (Fsp3) is 0.250. The van der Waals surface area contributed by atoms with Crippen LogP contribution in [0.1, 0.15) is 34.6 Å². The molecule has 0 saturated carbocycles. The fourth-order valence-corrected chi connectivity index (χ4v) is 5.85. The topological polar surface area (TPSA) is 50.1 Å². The smallest absolute Gasteiger partial charge is 0.182 e. The minimum atomic E-state index is 0.276. The van der Waals surface area contributed by atoms with Gasteiger partial charge in [0, 0.05) is 57.3 Å². The number of aryl methyl sites for hydroxylation is 1. The summed E-state index contributed by atoms with van der Waals surface area (Å²) in [5, 5.41) is 13.0. The molecule has 0 spiro atoms. The number of hydrogen-bond acceptors (Lipinski definition) is 5. The minimum absolute atomic E-state index is 0.276. The van der Waals surface area contributed by atoms with Crippen molar-refractivity contribution in [2.24, 2.45) is 0 Å². The Morgan fingerprint density at radius 1 is 0.667 bits per heavy atom. The Morgan fingerprint density at radius 3 is 1.95 bits per heavy atom. The molecule has 1 saturated heterocycles. The van der Waals surface area contributed by atoms with Crippen molar-refractivity contribution in [2.75, 3.05) is 32.7 Å². The second-order valence-electron chi connectivity index (χ2n) is 10.9. The summed E-state index contributed by atoms with van der Waals surface area (Å²) >= 11 is 0. The second kappa shape index (κ2) is 14.0. The van der Waals surface area contributed by atoms with E-state index in [1.54, 1.807) is 0 Å². The van der Waals surface area contributed by atoms with E-state index >= 15 is 0 Å². The van der Waals surface area contributed by atoms with Crippen LogP contribution in [0.25, 0.3) is 17.5 Å². The van der Waals surface area contributed by atoms with Crippen LogP contribution in [0.3, 0.4) is 0 Å². The molecule has 5 aromatic rings. The minimum Gasteiger partial charge on any atom is -0.297 e. The molecule has 1 aliphatic rings. The van der Waals surface area contributed by atoms with E-state index in [1.807, 2.05) is 4.68 Å². The maximum absolute atomic E-state index is 4.50. The quantitative estimate of drug-likeness (QED) is 0.189. The normalized spacial score (nSPS) is 14.6. The molecular weight excluding hydrogens is 516 g/mol. The molecule has 0 N–H and O–H groups in total. The van der Waals surface area contributed by atoms with Crippen LogP contribution in [0.2, 0.25) is 0 Å². The van der Waals surface area contributed by atoms with Gasteiger partial charge in [-0.15, -0.1) is 5.10 Å². The van der Waals surface area contributed by atoms with Crippen molar-refractivity contribution < 1.29 is 0 Å². The van der Waals surface area contributed by atoms with Gasteiger partial charge in [-0.3, -0.25) is 9.80 Å². The Labute approximate surface area is 248 Å². The summed E-state index contributed by atoms with van der Waals surface area (Å²) in [6, 6.07) is 40.6. The maximum Gasteiger partial charge on any atom is 0.182 e. The number of piperazine rings is 1. The lowest BCUT2D eigenvalue weighted by molar-refractivity contribution is 0.137. The van der Waals surface area contributed by atoms with Gasteiger partial charge in [0.15, 0.2) is 5.82 Å². The first-order chi connectivity index (χ1) is 20.8. The number of tetrazole rings is 1. The first kappa shape index (κ1) is 27.8. The molecule has 4 aromatic carbocycles. The van der Waals surface area contributed by atoms with E-state index in [9.17, 15) is 0 Å². The Kier molecular flexibility index (Phi) is 9.25. The largest absolute Gasteiger partial charge is 0.297 e. The molecular formula is C36H38N6. The van der Waals surface area contributed by atoms with Crippen molar-refractivity contribution in [1.29, 1.82) is 0 Å². The highest BCUT2D eigenvalue weighted by Crippen LogP contribution is 2.30. The molecule has 6 rings (SSSR count). The van der Waals surface area contributed by atoms with E-state index in [-0.39, 0.29) is 5.92 Å². The van der Waals surface area contributed by atoms with Crippen LogP contribution in [0.4, 0.5) is 0 Å². The van der Waals surface area contributed by atoms with Gasteiger partial charge in [-0.05, 0) is 39.1 Å². The molecule has 212 valence electrons. The van der Waals surface area contributed by atoms with Crippen LogP contribution >= 0.6 is 0 Å². The molecule has 0 bridgehead atoms. The number of aromatic nitrogens is 4. The Bertz CT molecular complexity index is 1500. The third-order valence-corrected chi connectivity index (χ3v) is 8.16. The summed E-state index contributed by atoms with van der Waals surface area (Å²) in [5.74, 6) is 1.12. The highest BCUT2D eigenvalue weighted by molar-refractivity contribution is 5.60. The van der Waals surface area contributed by atoms with Crippen molar-refractivity contribution in [3.05, 3.63) is 144 Å². The van der Waals surface area contributed by atoms with Crippen molar-refractivity contribution in [3.63, 3.8) is 0 Å². The van der Waals surface area contributed by atoms with E-state index in [0.717, 1.165) is 63.6 Å². The summed E-state index contributed by atoms with van der Waals surface area (Å²) in [5.41, 5.74) is 6.27. The van der Waals surface area contributed by atoms with Crippen LogP contribution in [0, 0.1) is 0 Å². The van der Waals surface area contributed by atoms with Gasteiger partial charge in [-0.2, -0.15) is 0 Å². The summed E-state index contributed by atoms with van der Waals surface area (Å²) in [6.07, 6.45) is 5.41. The molecule has 0 unspecified atom stereocenters. The number of hydrogen-bond donors (Lipinski definition) is 0. The zero-order chi connectivity index (χ0) is 28.4. The zero-order valence-corrected chi connectivity index (χ0v) is 24.0. The predicted molar refractivity (Wildman–Crippen MR) is 170 cm³/mol. The zero-order valence-electron chi connectivity index (χ0n) is 24.0. The molecule has 6 nitrogen and oxygen atoms in total. The molecule has 1 fully saturated rings. The number of nitrogens with zero attached hydrogens (tertiary/aromatic N) is 6. The van der Waals surface area contributed by atoms with Crippen LogP contribution in [-0.2, 0) is 13.1 Å². The molecule has 0 aliphatic carbocycles. The molecule has 42 heavy (non-hydrogen) atoms. The first-order valence-electron chi connectivity index (χ1n) is 14.9. The van der Waals surface area contributed by atoms with Gasteiger partial charge >= 0.3 is 0 Å². The van der Waals surface area contributed by atoms with Crippen molar-refractivity contribution >= 4 is 6.08 Å². The van der Waals surface area contributed by atoms with Crippen LogP contribution < -0.4 is 0 Å². The monoisotopic (exact) mass is 554 g/mol. The van der Waals surface area contributed by atoms with Gasteiger partial charge < -0.3 is 0 Å². The van der Waals surface area contributed by atoms with E-state index < -0.39 is 0 Å². The summed E-state index contributed by atoms with van der Waals surface area (Å²) in [6.45, 7) is 6.86. The molecule has 0 atom stereocenters. The highest BCUT2D eigenvalue weighted by atomic mass is 15.5. The third-order valence-electron chi connectivity index (χ3n) is 8.16. The van der Waals surface area contributed by atoms with Gasteiger partial charge in [0.25, 0.3) is 0 Å². The van der Waals surface area contributed by atoms with E-state index in [2.05, 4.69) is 153 Å². The van der Waals surface area contributed by atoms with Crippen molar-refractivity contribution in [2.45, 2.75) is 25.4 Å². The summed E-state index contributed by atoms with van der Waals surface area (Å²) in [4.78, 5) is 5.07. The Morgan fingerprint density at radius 2 is 1.26 bits per heavy atom. The number of rotatable bonds is 11. The van der Waals surface area contributed by atoms with Crippen molar-refractivity contribution in [1.82, 2.24) is 30.0 Å². The van der Waals surface area contributed by atoms with Crippen molar-refractivity contribution in [3.8, 4) is 11.4 Å². The average molecular weight is 555 g/mol. The highest BCUT2D eigenvalue weighted by Gasteiger charge is 2.20. The first-order valence-corrected chi connectivity index (χ1v) is 14.9. The molecule has 1 aromatic heterocycles. The average Bonchev–Trinajstić information content (AvgIpc) is 3.52. The fourth-order valence-electron chi connectivity index (χ4n) is 5.85. The van der Waals surface area contributed by atoms with E-state index in [4.69, 9.17) is 0 Å². The van der Waals surface area contributed by atoms with Gasteiger partial charge in [-0.1, -0.05) is 127 Å². The van der Waals surface area contributed by atoms with E-state index in [1.165, 1.54) is 22.3 Å². The van der Waals surface area contributed by atoms with Gasteiger partial charge in [0.05, 0.1) is 0 Å². The van der Waals surface area contributed by atoms with Gasteiger partial charge in [0.1, 0.15) is 0 Å². The van der Waals surface area contributed by atoms with E-state index in [0.29, 0.717) is 0 Å². The van der Waals surface area contributed by atoms with Crippen LogP contribution in [0.15, 0.2) is 121 Å². The second-order valence-corrected chi connectivity index (χ2v) is 10.9. The predicted octanol–water partition coefficient (Wildman–Crippen LogP) is 6.39. The lowest BCUT2D eigenvalue weighted by Gasteiger charge is -2.34. The molecule has 0 radical (unpaired) electrons. The lowest BCUT2D eigenvalue weighted by Crippen LogP contribution is -2.45. The van der Waals surface area contributed by atoms with Gasteiger partial charge in [-0.25, -0.2) is 4.68 Å². The van der Waals surface area contributed by atoms with Crippen LogP contribution in [0.5, 0.6) is 0 Å². The maximum atomic E-state index is 4.50. The standard InChI is InChI=1S/C36H38N6/c1-4-13-30(14-5-1)15-12-23-40-25-27-41(28-26-40)29-33-20-10-11-21-35(33)36-37-38-39-42(36)24-22-34(31-16-6-2-7-17-31)32-18-8-3-9-19-32/h1-21,34H,22-29H2. The summed E-state index contributed by atoms with van der Waals surface area (Å²) < 4.78 is 1.98.